The first-order valence-electron chi connectivity index (χ1n) is 7.01. The zero-order valence-corrected chi connectivity index (χ0v) is 12.5. The van der Waals surface area contributed by atoms with Gasteiger partial charge in [0.15, 0.2) is 9.84 Å². The minimum absolute atomic E-state index is 0.0393. The Morgan fingerprint density at radius 3 is 2.35 bits per heavy atom. The Kier molecular flexibility index (Phi) is 4.09. The second-order valence-corrected chi connectivity index (χ2v) is 8.11. The van der Waals surface area contributed by atoms with E-state index in [2.05, 4.69) is 0 Å². The molecule has 1 amide bonds. The third kappa shape index (κ3) is 3.13. The van der Waals surface area contributed by atoms with Crippen molar-refractivity contribution in [3.8, 4) is 0 Å². The molecule has 7 heteroatoms. The summed E-state index contributed by atoms with van der Waals surface area (Å²) < 4.78 is 23.3. The summed E-state index contributed by atoms with van der Waals surface area (Å²) in [4.78, 5) is 24.5. The number of amides is 1. The van der Waals surface area contributed by atoms with Crippen LogP contribution in [0.1, 0.15) is 32.6 Å². The molecule has 6 nitrogen and oxygen atoms in total. The van der Waals surface area contributed by atoms with Crippen molar-refractivity contribution in [3.05, 3.63) is 0 Å². The van der Waals surface area contributed by atoms with Gasteiger partial charge in [0.1, 0.15) is 5.75 Å². The van der Waals surface area contributed by atoms with E-state index in [1.165, 1.54) is 0 Å². The maximum absolute atomic E-state index is 12.0. The second kappa shape index (κ2) is 5.35. The number of aliphatic carboxylic acids is 1. The van der Waals surface area contributed by atoms with Crippen LogP contribution >= 0.6 is 0 Å². The molecule has 0 aromatic carbocycles. The van der Waals surface area contributed by atoms with Gasteiger partial charge in [-0.1, -0.05) is 6.92 Å². The molecular weight excluding hydrogens is 282 g/mol. The van der Waals surface area contributed by atoms with Crippen molar-refractivity contribution in [2.75, 3.05) is 24.6 Å². The molecule has 20 heavy (non-hydrogen) atoms. The molecule has 2 aliphatic rings. The summed E-state index contributed by atoms with van der Waals surface area (Å²) >= 11 is 0. The largest absolute Gasteiger partial charge is 0.481 e. The molecule has 1 unspecified atom stereocenters. The van der Waals surface area contributed by atoms with E-state index in [9.17, 15) is 18.0 Å². The Balaban J connectivity index is 1.86. The third-order valence-electron chi connectivity index (χ3n) is 4.46. The lowest BCUT2D eigenvalue weighted by atomic mass is 9.91. The Bertz CT molecular complexity index is 505. The number of carbonyl (C=O) groups is 2. The van der Waals surface area contributed by atoms with Crippen molar-refractivity contribution < 1.29 is 23.1 Å². The number of carbonyl (C=O) groups excluding carboxylic acids is 1. The fourth-order valence-corrected chi connectivity index (χ4v) is 4.44. The van der Waals surface area contributed by atoms with E-state index in [1.54, 1.807) is 11.8 Å². The predicted molar refractivity (Wildman–Crippen MR) is 72.9 cm³/mol. The number of carboxylic acid groups (broad SMARTS) is 1. The quantitative estimate of drug-likeness (QED) is 0.799. The molecule has 0 radical (unpaired) electrons. The van der Waals surface area contributed by atoms with Crippen LogP contribution in [-0.2, 0) is 19.4 Å². The Hall–Kier alpha value is -1.11. The molecular formula is C13H21NO5S. The molecule has 1 aliphatic heterocycles. The van der Waals surface area contributed by atoms with Gasteiger partial charge in [0, 0.05) is 13.1 Å². The van der Waals surface area contributed by atoms with Crippen LogP contribution in [0.25, 0.3) is 0 Å². The van der Waals surface area contributed by atoms with Crippen molar-refractivity contribution >= 4 is 21.7 Å². The Morgan fingerprint density at radius 2 is 1.90 bits per heavy atom. The summed E-state index contributed by atoms with van der Waals surface area (Å²) in [7, 11) is -3.30. The molecule has 0 aromatic rings. The monoisotopic (exact) mass is 303 g/mol. The first-order valence-corrected chi connectivity index (χ1v) is 8.83. The van der Waals surface area contributed by atoms with Crippen LogP contribution in [-0.4, -0.2) is 54.9 Å². The van der Waals surface area contributed by atoms with Gasteiger partial charge in [-0.3, -0.25) is 9.59 Å². The maximum Gasteiger partial charge on any atom is 0.307 e. The summed E-state index contributed by atoms with van der Waals surface area (Å²) in [6.07, 6.45) is 2.55. The summed E-state index contributed by atoms with van der Waals surface area (Å²) in [5, 5.41) is 9.00. The molecule has 1 atom stereocenters. The van der Waals surface area contributed by atoms with E-state index >= 15 is 0 Å². The van der Waals surface area contributed by atoms with E-state index in [4.69, 9.17) is 5.11 Å². The summed E-state index contributed by atoms with van der Waals surface area (Å²) in [5.74, 6) is -1.76. The van der Waals surface area contributed by atoms with Crippen molar-refractivity contribution in [3.63, 3.8) is 0 Å². The van der Waals surface area contributed by atoms with Crippen molar-refractivity contribution in [1.82, 2.24) is 4.90 Å². The highest BCUT2D eigenvalue weighted by Gasteiger charge is 2.59. The smallest absolute Gasteiger partial charge is 0.307 e. The highest BCUT2D eigenvalue weighted by molar-refractivity contribution is 7.92. The molecule has 1 N–H and O–H groups in total. The van der Waals surface area contributed by atoms with Crippen LogP contribution in [0.15, 0.2) is 0 Å². The predicted octanol–water partition coefficient (Wildman–Crippen LogP) is 0.524. The Morgan fingerprint density at radius 1 is 1.30 bits per heavy atom. The lowest BCUT2D eigenvalue weighted by molar-refractivity contribution is -0.139. The second-order valence-electron chi connectivity index (χ2n) is 5.93. The summed E-state index contributed by atoms with van der Waals surface area (Å²) in [6, 6.07) is 0. The van der Waals surface area contributed by atoms with Gasteiger partial charge in [0.2, 0.25) is 5.91 Å². The number of hydrogen-bond donors (Lipinski definition) is 1. The van der Waals surface area contributed by atoms with Gasteiger partial charge in [-0.05, 0) is 31.1 Å². The van der Waals surface area contributed by atoms with Gasteiger partial charge in [0.25, 0.3) is 0 Å². The van der Waals surface area contributed by atoms with Crippen molar-refractivity contribution in [1.29, 1.82) is 0 Å². The van der Waals surface area contributed by atoms with Crippen molar-refractivity contribution in [2.45, 2.75) is 32.6 Å². The van der Waals surface area contributed by atoms with Crippen LogP contribution in [0.3, 0.4) is 0 Å². The molecule has 1 spiro atoms. The lowest BCUT2D eigenvalue weighted by Crippen LogP contribution is -2.42. The SMILES string of the molecule is CCCS(=O)(=O)CC(=O)N1CCC2(CC1)CC2C(=O)O. The number of sulfone groups is 1. The average Bonchev–Trinajstić information content (AvgIpc) is 3.03. The van der Waals surface area contributed by atoms with Gasteiger partial charge in [-0.15, -0.1) is 0 Å². The van der Waals surface area contributed by atoms with Crippen LogP contribution in [0.4, 0.5) is 0 Å². The molecule has 2 rings (SSSR count). The first-order chi connectivity index (χ1) is 9.30. The van der Waals surface area contributed by atoms with Crippen LogP contribution in [0.2, 0.25) is 0 Å². The van der Waals surface area contributed by atoms with E-state index in [-0.39, 0.29) is 23.0 Å². The number of carboxylic acids is 1. The highest BCUT2D eigenvalue weighted by Crippen LogP contribution is 2.59. The maximum atomic E-state index is 12.0. The van der Waals surface area contributed by atoms with Crippen molar-refractivity contribution in [2.24, 2.45) is 11.3 Å². The molecule has 0 aromatic heterocycles. The number of hydrogen-bond acceptors (Lipinski definition) is 4. The Labute approximate surface area is 119 Å². The minimum Gasteiger partial charge on any atom is -0.481 e. The van der Waals surface area contributed by atoms with E-state index in [0.717, 1.165) is 0 Å². The van der Waals surface area contributed by atoms with E-state index < -0.39 is 21.6 Å². The molecule has 2 fully saturated rings. The summed E-state index contributed by atoms with van der Waals surface area (Å²) in [5.41, 5.74) is -0.134. The van der Waals surface area contributed by atoms with Crippen LogP contribution in [0, 0.1) is 11.3 Å². The van der Waals surface area contributed by atoms with Gasteiger partial charge in [0.05, 0.1) is 11.7 Å². The standard InChI is InChI=1S/C13H21NO5S/c1-2-7-20(18,19)9-11(15)14-5-3-13(4-6-14)8-10(13)12(16)17/h10H,2-9H2,1H3,(H,16,17). The topological polar surface area (TPSA) is 91.8 Å². The lowest BCUT2D eigenvalue weighted by Gasteiger charge is -2.32. The fourth-order valence-electron chi connectivity index (χ4n) is 3.11. The minimum atomic E-state index is -3.30. The first kappa shape index (κ1) is 15.3. The van der Waals surface area contributed by atoms with Crippen LogP contribution < -0.4 is 0 Å². The average molecular weight is 303 g/mol. The van der Waals surface area contributed by atoms with E-state index in [1.807, 2.05) is 0 Å². The third-order valence-corrected chi connectivity index (χ3v) is 6.18. The van der Waals surface area contributed by atoms with E-state index in [0.29, 0.717) is 38.8 Å². The normalized spacial score (nSPS) is 24.6. The zero-order valence-electron chi connectivity index (χ0n) is 11.7. The molecule has 1 heterocycles. The number of rotatable bonds is 5. The number of nitrogens with zero attached hydrogens (tertiary/aromatic N) is 1. The molecule has 1 saturated carbocycles. The van der Waals surface area contributed by atoms with Gasteiger partial charge >= 0.3 is 5.97 Å². The fraction of sp³-hybridized carbons (Fsp3) is 0.846. The molecule has 1 aliphatic carbocycles. The van der Waals surface area contributed by atoms with Gasteiger partial charge in [-0.2, -0.15) is 0 Å². The van der Waals surface area contributed by atoms with Crippen LogP contribution in [0.5, 0.6) is 0 Å². The molecule has 1 saturated heterocycles. The zero-order chi connectivity index (χ0) is 15.0. The number of likely N-dealkylation sites (tertiary alicyclic amines) is 1. The summed E-state index contributed by atoms with van der Waals surface area (Å²) in [6.45, 7) is 2.72. The molecule has 114 valence electrons. The highest BCUT2D eigenvalue weighted by atomic mass is 32.2. The molecule has 0 bridgehead atoms. The van der Waals surface area contributed by atoms with Gasteiger partial charge < -0.3 is 10.0 Å². The number of piperidine rings is 1. The van der Waals surface area contributed by atoms with Gasteiger partial charge in [-0.25, -0.2) is 8.42 Å².